The molecule has 1 aromatic heterocycles. The van der Waals surface area contributed by atoms with E-state index < -0.39 is 0 Å². The summed E-state index contributed by atoms with van der Waals surface area (Å²) in [5, 5.41) is 0. The summed E-state index contributed by atoms with van der Waals surface area (Å²) in [5.74, 6) is 1.17. The molecule has 4 rings (SSSR count). The fourth-order valence-electron chi connectivity index (χ4n) is 3.43. The Balaban J connectivity index is 1.99. The first kappa shape index (κ1) is 16.0. The van der Waals surface area contributed by atoms with E-state index in [1.807, 2.05) is 61.6 Å². The van der Waals surface area contributed by atoms with Gasteiger partial charge in [-0.25, -0.2) is 14.3 Å². The number of likely N-dealkylation sites (N-methyl/N-ethyl adjacent to an activating group) is 1. The Labute approximate surface area is 151 Å². The lowest BCUT2D eigenvalue weighted by Crippen LogP contribution is -2.40. The third-order valence-electron chi connectivity index (χ3n) is 4.60. The molecule has 1 aliphatic rings. The van der Waals surface area contributed by atoms with E-state index in [2.05, 4.69) is 4.90 Å². The van der Waals surface area contributed by atoms with Gasteiger partial charge in [0.1, 0.15) is 0 Å². The average Bonchev–Trinajstić information content (AvgIpc) is 2.96. The van der Waals surface area contributed by atoms with Gasteiger partial charge in [-0.2, -0.15) is 0 Å². The molecule has 5 nitrogen and oxygen atoms in total. The van der Waals surface area contributed by atoms with Gasteiger partial charge >= 0.3 is 6.03 Å². The molecule has 3 aromatic rings. The van der Waals surface area contributed by atoms with E-state index in [9.17, 15) is 4.79 Å². The van der Waals surface area contributed by atoms with Crippen LogP contribution in [0.5, 0.6) is 0 Å². The highest BCUT2D eigenvalue weighted by Gasteiger charge is 2.34. The summed E-state index contributed by atoms with van der Waals surface area (Å²) in [6.07, 6.45) is 0.761. The molecule has 0 N–H and O–H groups in total. The monoisotopic (exact) mass is 354 g/mol. The van der Waals surface area contributed by atoms with Gasteiger partial charge in [0.2, 0.25) is 5.95 Å². The maximum absolute atomic E-state index is 13.0. The number of para-hydroxylation sites is 3. The minimum Gasteiger partial charge on any atom is -0.325 e. The molecule has 128 valence electrons. The van der Waals surface area contributed by atoms with Gasteiger partial charge in [-0.05, 0) is 30.7 Å². The molecule has 1 atom stereocenters. The van der Waals surface area contributed by atoms with E-state index in [0.29, 0.717) is 18.4 Å². The van der Waals surface area contributed by atoms with Crippen LogP contribution in [0.3, 0.4) is 0 Å². The zero-order chi connectivity index (χ0) is 17.4. The summed E-state index contributed by atoms with van der Waals surface area (Å²) in [4.78, 5) is 21.7. The number of alkyl halides is 1. The van der Waals surface area contributed by atoms with Crippen LogP contribution in [0, 0.1) is 0 Å². The number of carbonyl (C=O) groups excluding carboxylic acids is 1. The van der Waals surface area contributed by atoms with E-state index in [4.69, 9.17) is 16.6 Å². The fraction of sp³-hybridized carbons (Fsp3) is 0.263. The topological polar surface area (TPSA) is 41.4 Å². The number of halogens is 1. The molecule has 0 radical (unpaired) electrons. The predicted octanol–water partition coefficient (Wildman–Crippen LogP) is 4.09. The number of hydrogen-bond acceptors (Lipinski definition) is 3. The van der Waals surface area contributed by atoms with Crippen LogP contribution in [0.2, 0.25) is 0 Å². The molecule has 0 bridgehead atoms. The maximum Gasteiger partial charge on any atom is 0.331 e. The molecule has 0 saturated carbocycles. The van der Waals surface area contributed by atoms with Crippen LogP contribution in [0.4, 0.5) is 16.4 Å². The van der Waals surface area contributed by atoms with Crippen molar-refractivity contribution in [1.82, 2.24) is 14.5 Å². The third kappa shape index (κ3) is 2.65. The maximum atomic E-state index is 13.0. The smallest absolute Gasteiger partial charge is 0.325 e. The van der Waals surface area contributed by atoms with Gasteiger partial charge in [0, 0.05) is 25.2 Å². The first-order chi connectivity index (χ1) is 12.2. The lowest BCUT2D eigenvalue weighted by molar-refractivity contribution is 0.212. The Morgan fingerprint density at radius 2 is 1.84 bits per heavy atom. The lowest BCUT2D eigenvalue weighted by atomic mass is 10.1. The van der Waals surface area contributed by atoms with Crippen molar-refractivity contribution >= 4 is 40.3 Å². The third-order valence-corrected chi connectivity index (χ3v) is 4.82. The summed E-state index contributed by atoms with van der Waals surface area (Å²) in [6, 6.07) is 17.8. The number of amides is 1. The van der Waals surface area contributed by atoms with Crippen molar-refractivity contribution in [1.29, 1.82) is 0 Å². The number of imidazole rings is 1. The first-order valence-corrected chi connectivity index (χ1v) is 8.87. The lowest BCUT2D eigenvalue weighted by Gasteiger charge is -2.31. The minimum absolute atomic E-state index is 0.0620. The van der Waals surface area contributed by atoms with E-state index in [-0.39, 0.29) is 12.1 Å². The molecule has 1 amide bonds. The molecule has 0 fully saturated rings. The van der Waals surface area contributed by atoms with Crippen molar-refractivity contribution in [3.63, 3.8) is 0 Å². The highest BCUT2D eigenvalue weighted by molar-refractivity contribution is 6.17. The van der Waals surface area contributed by atoms with Crippen LogP contribution >= 0.6 is 11.6 Å². The van der Waals surface area contributed by atoms with Gasteiger partial charge < -0.3 is 9.80 Å². The van der Waals surface area contributed by atoms with Gasteiger partial charge in [-0.15, -0.1) is 11.6 Å². The SMILES string of the molecule is CN1CC(CCCl)N(c2ccccc2)c2nc3ccccc3n2C1=O. The second-order valence-electron chi connectivity index (χ2n) is 6.24. The zero-order valence-corrected chi connectivity index (χ0v) is 14.7. The summed E-state index contributed by atoms with van der Waals surface area (Å²) < 4.78 is 1.70. The Hall–Kier alpha value is -2.53. The van der Waals surface area contributed by atoms with Gasteiger partial charge in [0.05, 0.1) is 17.1 Å². The molecular weight excluding hydrogens is 336 g/mol. The number of rotatable bonds is 3. The Bertz CT molecular complexity index is 908. The van der Waals surface area contributed by atoms with Crippen molar-refractivity contribution in [2.45, 2.75) is 12.5 Å². The number of fused-ring (bicyclic) bond motifs is 3. The van der Waals surface area contributed by atoms with Crippen LogP contribution in [-0.2, 0) is 0 Å². The molecule has 0 saturated heterocycles. The number of nitrogens with zero attached hydrogens (tertiary/aromatic N) is 4. The van der Waals surface area contributed by atoms with E-state index in [1.165, 1.54) is 0 Å². The van der Waals surface area contributed by atoms with Crippen LogP contribution in [0.15, 0.2) is 54.6 Å². The highest BCUT2D eigenvalue weighted by atomic mass is 35.5. The van der Waals surface area contributed by atoms with Crippen molar-refractivity contribution in [3.05, 3.63) is 54.6 Å². The van der Waals surface area contributed by atoms with Gasteiger partial charge in [0.15, 0.2) is 0 Å². The van der Waals surface area contributed by atoms with Gasteiger partial charge in [-0.3, -0.25) is 0 Å². The number of benzene rings is 2. The molecule has 2 aromatic carbocycles. The number of carbonyl (C=O) groups is 1. The Morgan fingerprint density at radius 1 is 1.12 bits per heavy atom. The van der Waals surface area contributed by atoms with Crippen LogP contribution in [-0.4, -0.2) is 46.0 Å². The first-order valence-electron chi connectivity index (χ1n) is 8.34. The van der Waals surface area contributed by atoms with Crippen LogP contribution < -0.4 is 4.90 Å². The second-order valence-corrected chi connectivity index (χ2v) is 6.61. The molecule has 2 heterocycles. The molecule has 1 aliphatic heterocycles. The van der Waals surface area contributed by atoms with Gasteiger partial charge in [-0.1, -0.05) is 30.3 Å². The van der Waals surface area contributed by atoms with Gasteiger partial charge in [0.25, 0.3) is 0 Å². The van der Waals surface area contributed by atoms with Crippen LogP contribution in [0.25, 0.3) is 11.0 Å². The molecule has 6 heteroatoms. The zero-order valence-electron chi connectivity index (χ0n) is 14.0. The second kappa shape index (κ2) is 6.41. The standard InChI is InChI=1S/C19H19ClN4O/c1-22-13-15(11-12-20)23(14-7-3-2-4-8-14)18-21-16-9-5-6-10-17(16)24(18)19(22)25/h2-10,15H,11-13H2,1H3. The number of hydrogen-bond donors (Lipinski definition) is 0. The highest BCUT2D eigenvalue weighted by Crippen LogP contribution is 2.34. The molecule has 1 unspecified atom stereocenters. The van der Waals surface area contributed by atoms with E-state index >= 15 is 0 Å². The summed E-state index contributed by atoms with van der Waals surface area (Å²) in [5.41, 5.74) is 2.64. The largest absolute Gasteiger partial charge is 0.331 e. The van der Waals surface area contributed by atoms with Crippen molar-refractivity contribution in [2.24, 2.45) is 0 Å². The summed E-state index contributed by atoms with van der Waals surface area (Å²) in [6.45, 7) is 0.595. The fourth-order valence-corrected chi connectivity index (χ4v) is 3.69. The summed E-state index contributed by atoms with van der Waals surface area (Å²) in [7, 11) is 1.83. The molecular formula is C19H19ClN4O. The predicted molar refractivity (Wildman–Crippen MR) is 101 cm³/mol. The Morgan fingerprint density at radius 3 is 2.60 bits per heavy atom. The van der Waals surface area contributed by atoms with Crippen molar-refractivity contribution < 1.29 is 4.79 Å². The molecule has 0 aliphatic carbocycles. The minimum atomic E-state index is -0.0679. The van der Waals surface area contributed by atoms with Crippen molar-refractivity contribution in [2.75, 3.05) is 24.4 Å². The summed E-state index contributed by atoms with van der Waals surface area (Å²) >= 11 is 6.07. The molecule has 0 spiro atoms. The van der Waals surface area contributed by atoms with E-state index in [0.717, 1.165) is 23.1 Å². The molecule has 25 heavy (non-hydrogen) atoms. The van der Waals surface area contributed by atoms with E-state index in [1.54, 1.807) is 9.47 Å². The quantitative estimate of drug-likeness (QED) is 0.665. The number of anilines is 2. The normalized spacial score (nSPS) is 17.7. The van der Waals surface area contributed by atoms with Crippen molar-refractivity contribution in [3.8, 4) is 0 Å². The Kier molecular flexibility index (Phi) is 4.09. The average molecular weight is 355 g/mol. The number of aromatic nitrogens is 2. The van der Waals surface area contributed by atoms with Crippen LogP contribution in [0.1, 0.15) is 6.42 Å².